The number of halogens is 2. The number of carbonyl (C=O) groups excluding carboxylic acids is 1. The lowest BCUT2D eigenvalue weighted by Crippen LogP contribution is -2.14. The summed E-state index contributed by atoms with van der Waals surface area (Å²) in [6.07, 6.45) is 0. The number of hydrogen-bond donors (Lipinski definition) is 1. The van der Waals surface area contributed by atoms with E-state index in [0.29, 0.717) is 34.5 Å². The van der Waals surface area contributed by atoms with Gasteiger partial charge in [0.25, 0.3) is 5.91 Å². The first kappa shape index (κ1) is 18.7. The third kappa shape index (κ3) is 3.71. The summed E-state index contributed by atoms with van der Waals surface area (Å²) >= 11 is 0. The van der Waals surface area contributed by atoms with Crippen molar-refractivity contribution in [3.05, 3.63) is 88.7 Å². The number of pyridine rings is 1. The van der Waals surface area contributed by atoms with Crippen LogP contribution in [0.4, 0.5) is 14.5 Å². The van der Waals surface area contributed by atoms with Crippen molar-refractivity contribution in [3.8, 4) is 0 Å². The highest BCUT2D eigenvalue weighted by atomic mass is 19.1. The summed E-state index contributed by atoms with van der Waals surface area (Å²) in [6.45, 7) is 4.09. The molecule has 0 aliphatic heterocycles. The smallest absolute Gasteiger partial charge is 0.256 e. The highest BCUT2D eigenvalue weighted by molar-refractivity contribution is 6.12. The van der Waals surface area contributed by atoms with Gasteiger partial charge in [-0.1, -0.05) is 30.3 Å². The van der Waals surface area contributed by atoms with Gasteiger partial charge in [-0.15, -0.1) is 0 Å². The molecule has 0 atom stereocenters. The van der Waals surface area contributed by atoms with Crippen LogP contribution in [-0.2, 0) is 6.54 Å². The van der Waals surface area contributed by atoms with E-state index in [0.717, 1.165) is 17.7 Å². The number of nitrogens with zero attached hydrogens (tertiary/aromatic N) is 3. The van der Waals surface area contributed by atoms with E-state index >= 15 is 0 Å². The van der Waals surface area contributed by atoms with Crippen LogP contribution in [-0.4, -0.2) is 20.7 Å². The molecule has 2 aromatic carbocycles. The number of nitrogens with one attached hydrogen (secondary N) is 1. The highest BCUT2D eigenvalue weighted by Crippen LogP contribution is 2.25. The summed E-state index contributed by atoms with van der Waals surface area (Å²) in [4.78, 5) is 17.5. The van der Waals surface area contributed by atoms with E-state index in [2.05, 4.69) is 15.4 Å². The van der Waals surface area contributed by atoms with Crippen LogP contribution in [0.2, 0.25) is 0 Å². The zero-order valence-electron chi connectivity index (χ0n) is 15.9. The summed E-state index contributed by atoms with van der Waals surface area (Å²) in [5.41, 5.74) is 3.17. The Labute approximate surface area is 166 Å². The summed E-state index contributed by atoms with van der Waals surface area (Å²) in [7, 11) is 0. The molecule has 1 N–H and O–H groups in total. The molecule has 0 radical (unpaired) electrons. The average Bonchev–Trinajstić information content (AvgIpc) is 2.99. The molecule has 0 aliphatic rings. The Balaban J connectivity index is 1.75. The van der Waals surface area contributed by atoms with Gasteiger partial charge in [0.15, 0.2) is 5.65 Å². The lowest BCUT2D eigenvalue weighted by Gasteiger charge is -2.09. The molecule has 146 valence electrons. The zero-order valence-corrected chi connectivity index (χ0v) is 15.9. The van der Waals surface area contributed by atoms with E-state index in [1.54, 1.807) is 24.6 Å². The van der Waals surface area contributed by atoms with Crippen molar-refractivity contribution in [2.24, 2.45) is 0 Å². The monoisotopic (exact) mass is 392 g/mol. The Hall–Kier alpha value is -3.61. The van der Waals surface area contributed by atoms with E-state index in [4.69, 9.17) is 0 Å². The van der Waals surface area contributed by atoms with Crippen LogP contribution in [0.3, 0.4) is 0 Å². The van der Waals surface area contributed by atoms with Gasteiger partial charge in [0.1, 0.15) is 11.6 Å². The molecule has 0 unspecified atom stereocenters. The van der Waals surface area contributed by atoms with Gasteiger partial charge in [0.2, 0.25) is 0 Å². The van der Waals surface area contributed by atoms with E-state index < -0.39 is 17.5 Å². The van der Waals surface area contributed by atoms with Gasteiger partial charge in [-0.2, -0.15) is 5.10 Å². The molecule has 0 saturated carbocycles. The van der Waals surface area contributed by atoms with Gasteiger partial charge in [-0.25, -0.2) is 18.4 Å². The fourth-order valence-electron chi connectivity index (χ4n) is 3.30. The Morgan fingerprint density at radius 1 is 1.07 bits per heavy atom. The predicted molar refractivity (Wildman–Crippen MR) is 107 cm³/mol. The molecule has 2 heterocycles. The van der Waals surface area contributed by atoms with Crippen LogP contribution in [0, 0.1) is 25.5 Å². The maximum atomic E-state index is 14.0. The summed E-state index contributed by atoms with van der Waals surface area (Å²) in [6, 6.07) is 14.5. The molecule has 0 saturated heterocycles. The van der Waals surface area contributed by atoms with Gasteiger partial charge in [-0.05, 0) is 37.6 Å². The number of aromatic nitrogens is 3. The van der Waals surface area contributed by atoms with Crippen molar-refractivity contribution in [1.82, 2.24) is 14.8 Å². The van der Waals surface area contributed by atoms with Gasteiger partial charge in [0.05, 0.1) is 28.9 Å². The second-order valence-electron chi connectivity index (χ2n) is 6.82. The molecule has 29 heavy (non-hydrogen) atoms. The molecule has 4 aromatic rings. The Bertz CT molecular complexity index is 1220. The fraction of sp³-hybridized carbons (Fsp3) is 0.136. The number of rotatable bonds is 4. The largest absolute Gasteiger partial charge is 0.319 e. The molecule has 4 rings (SSSR count). The SMILES string of the molecule is Cc1cc(C(=O)Nc2ccc(F)cc2F)c2c(C)nn(Cc3ccccc3)c2n1. The van der Waals surface area contributed by atoms with E-state index in [9.17, 15) is 13.6 Å². The third-order valence-electron chi connectivity index (χ3n) is 4.60. The number of amides is 1. The second kappa shape index (κ2) is 7.43. The molecule has 0 aliphatic carbocycles. The van der Waals surface area contributed by atoms with Crippen molar-refractivity contribution in [1.29, 1.82) is 0 Å². The zero-order chi connectivity index (χ0) is 20.5. The second-order valence-corrected chi connectivity index (χ2v) is 6.82. The molecule has 2 aromatic heterocycles. The van der Waals surface area contributed by atoms with E-state index in [-0.39, 0.29) is 5.69 Å². The van der Waals surface area contributed by atoms with Crippen molar-refractivity contribution >= 4 is 22.6 Å². The Kier molecular flexibility index (Phi) is 4.80. The van der Waals surface area contributed by atoms with Crippen LogP contribution >= 0.6 is 0 Å². The normalized spacial score (nSPS) is 11.0. The minimum Gasteiger partial charge on any atom is -0.319 e. The fourth-order valence-corrected chi connectivity index (χ4v) is 3.30. The van der Waals surface area contributed by atoms with Gasteiger partial charge >= 0.3 is 0 Å². The van der Waals surface area contributed by atoms with E-state index in [1.165, 1.54) is 6.07 Å². The summed E-state index contributed by atoms with van der Waals surface area (Å²) in [5, 5.41) is 7.67. The maximum Gasteiger partial charge on any atom is 0.256 e. The molecule has 5 nitrogen and oxygen atoms in total. The molecule has 0 fully saturated rings. The lowest BCUT2D eigenvalue weighted by molar-refractivity contribution is 0.102. The number of fused-ring (bicyclic) bond motifs is 1. The molecular formula is C22H18F2N4O. The highest BCUT2D eigenvalue weighted by Gasteiger charge is 2.20. The number of benzene rings is 2. The minimum atomic E-state index is -0.836. The van der Waals surface area contributed by atoms with Gasteiger partial charge in [0, 0.05) is 11.8 Å². The van der Waals surface area contributed by atoms with Crippen molar-refractivity contribution in [2.45, 2.75) is 20.4 Å². The van der Waals surface area contributed by atoms with Crippen LogP contribution in [0.1, 0.15) is 27.3 Å². The van der Waals surface area contributed by atoms with Crippen LogP contribution in [0.15, 0.2) is 54.6 Å². The maximum absolute atomic E-state index is 14.0. The standard InChI is InChI=1S/C22H18F2N4O/c1-13-10-17(22(29)26-19-9-8-16(23)11-18(19)24)20-14(2)27-28(21(20)25-13)12-15-6-4-3-5-7-15/h3-11H,12H2,1-2H3,(H,26,29). The minimum absolute atomic E-state index is 0.0895. The van der Waals surface area contributed by atoms with Gasteiger partial charge < -0.3 is 5.32 Å². The molecule has 7 heteroatoms. The molecular weight excluding hydrogens is 374 g/mol. The third-order valence-corrected chi connectivity index (χ3v) is 4.60. The van der Waals surface area contributed by atoms with Crippen molar-refractivity contribution in [3.63, 3.8) is 0 Å². The van der Waals surface area contributed by atoms with Crippen molar-refractivity contribution in [2.75, 3.05) is 5.32 Å². The lowest BCUT2D eigenvalue weighted by atomic mass is 10.1. The molecule has 1 amide bonds. The molecule has 0 bridgehead atoms. The number of carbonyl (C=O) groups is 1. The van der Waals surface area contributed by atoms with Gasteiger partial charge in [-0.3, -0.25) is 4.79 Å². The predicted octanol–water partition coefficient (Wildman–Crippen LogP) is 4.63. The van der Waals surface area contributed by atoms with E-state index in [1.807, 2.05) is 30.3 Å². The first-order valence-corrected chi connectivity index (χ1v) is 9.07. The van der Waals surface area contributed by atoms with Crippen LogP contribution in [0.5, 0.6) is 0 Å². The Morgan fingerprint density at radius 3 is 2.55 bits per heavy atom. The first-order valence-electron chi connectivity index (χ1n) is 9.07. The van der Waals surface area contributed by atoms with Crippen molar-refractivity contribution < 1.29 is 13.6 Å². The average molecular weight is 392 g/mol. The summed E-state index contributed by atoms with van der Waals surface area (Å²) in [5.74, 6) is -2.05. The van der Waals surface area contributed by atoms with Crippen LogP contribution in [0.25, 0.3) is 11.0 Å². The first-order chi connectivity index (χ1) is 13.9. The topological polar surface area (TPSA) is 59.8 Å². The number of aryl methyl sites for hydroxylation is 2. The van der Waals surface area contributed by atoms with Crippen LogP contribution < -0.4 is 5.32 Å². The number of hydrogen-bond acceptors (Lipinski definition) is 3. The molecule has 0 spiro atoms. The Morgan fingerprint density at radius 2 is 1.83 bits per heavy atom. The number of anilines is 1. The summed E-state index contributed by atoms with van der Waals surface area (Å²) < 4.78 is 28.8. The quantitative estimate of drug-likeness (QED) is 0.551.